The van der Waals surface area contributed by atoms with Crippen molar-refractivity contribution >= 4 is 15.7 Å². The summed E-state index contributed by atoms with van der Waals surface area (Å²) in [4.78, 5) is 10.2. The molecule has 1 aromatic rings. The fourth-order valence-electron chi connectivity index (χ4n) is 2.35. The number of benzene rings is 1. The van der Waals surface area contributed by atoms with Crippen LogP contribution < -0.4 is 0 Å². The molecule has 0 aromatic heterocycles. The third-order valence-electron chi connectivity index (χ3n) is 3.50. The third kappa shape index (κ3) is 3.34. The largest absolute Gasteiger partial charge is 0.269 e. The summed E-state index contributed by atoms with van der Waals surface area (Å²) in [5.41, 5.74) is -0.100. The van der Waals surface area contributed by atoms with Gasteiger partial charge in [-0.05, 0) is 25.0 Å². The highest BCUT2D eigenvalue weighted by Crippen LogP contribution is 2.22. The van der Waals surface area contributed by atoms with Crippen LogP contribution in [0.3, 0.4) is 0 Å². The average Bonchev–Trinajstić information content (AvgIpc) is 2.38. The fourth-order valence-corrected chi connectivity index (χ4v) is 3.86. The molecule has 1 aliphatic rings. The monoisotopic (exact) mass is 298 g/mol. The van der Waals surface area contributed by atoms with Crippen molar-refractivity contribution < 1.29 is 13.3 Å². The van der Waals surface area contributed by atoms with Crippen LogP contribution in [0, 0.1) is 10.1 Å². The zero-order valence-electron chi connectivity index (χ0n) is 11.2. The minimum Gasteiger partial charge on any atom is -0.258 e. The lowest BCUT2D eigenvalue weighted by Gasteiger charge is -2.24. The van der Waals surface area contributed by atoms with Crippen molar-refractivity contribution in [2.45, 2.75) is 37.0 Å². The molecule has 0 saturated carbocycles. The second-order valence-corrected chi connectivity index (χ2v) is 6.86. The first-order chi connectivity index (χ1) is 9.51. The predicted molar refractivity (Wildman–Crippen MR) is 74.9 cm³/mol. The summed E-state index contributed by atoms with van der Waals surface area (Å²) in [6, 6.07) is 5.09. The molecular formula is C13H18N2O4S. The van der Waals surface area contributed by atoms with Crippen LogP contribution in [-0.2, 0) is 10.0 Å². The van der Waals surface area contributed by atoms with Crippen LogP contribution in [0.5, 0.6) is 0 Å². The lowest BCUT2D eigenvalue weighted by molar-refractivity contribution is -0.384. The van der Waals surface area contributed by atoms with Gasteiger partial charge in [0.15, 0.2) is 0 Å². The molecule has 0 amide bonds. The molecule has 0 spiro atoms. The Morgan fingerprint density at radius 2 is 1.45 bits per heavy atom. The van der Waals surface area contributed by atoms with E-state index in [0.29, 0.717) is 13.1 Å². The van der Waals surface area contributed by atoms with E-state index >= 15 is 0 Å². The van der Waals surface area contributed by atoms with E-state index in [-0.39, 0.29) is 10.6 Å². The van der Waals surface area contributed by atoms with Gasteiger partial charge in [-0.25, -0.2) is 8.42 Å². The van der Waals surface area contributed by atoms with E-state index in [1.165, 1.54) is 28.6 Å². The van der Waals surface area contributed by atoms with Gasteiger partial charge in [-0.2, -0.15) is 4.31 Å². The number of nitrogens with zero attached hydrogens (tertiary/aromatic N) is 2. The first-order valence-corrected chi connectivity index (χ1v) is 8.20. The summed E-state index contributed by atoms with van der Waals surface area (Å²) in [6.45, 7) is 1.05. The molecule has 0 atom stereocenters. The molecule has 2 rings (SSSR count). The Morgan fingerprint density at radius 1 is 0.950 bits per heavy atom. The van der Waals surface area contributed by atoms with Crippen molar-refractivity contribution in [2.24, 2.45) is 0 Å². The van der Waals surface area contributed by atoms with Gasteiger partial charge in [0.2, 0.25) is 10.0 Å². The lowest BCUT2D eigenvalue weighted by atomic mass is 10.1. The number of non-ortho nitro benzene ring substituents is 1. The summed E-state index contributed by atoms with van der Waals surface area (Å²) in [5, 5.41) is 10.6. The zero-order chi connectivity index (χ0) is 14.6. The van der Waals surface area contributed by atoms with Gasteiger partial charge in [0.05, 0.1) is 9.82 Å². The number of nitro benzene ring substituents is 1. The molecular weight excluding hydrogens is 280 g/mol. The molecule has 0 unspecified atom stereocenters. The highest BCUT2D eigenvalue weighted by molar-refractivity contribution is 7.89. The Bertz CT molecular complexity index is 561. The predicted octanol–water partition coefficient (Wildman–Crippen LogP) is 2.55. The number of hydrogen-bond acceptors (Lipinski definition) is 4. The molecule has 1 aliphatic heterocycles. The van der Waals surface area contributed by atoms with Gasteiger partial charge >= 0.3 is 0 Å². The number of nitro groups is 1. The molecule has 6 nitrogen and oxygen atoms in total. The number of rotatable bonds is 3. The molecule has 110 valence electrons. The Kier molecular flexibility index (Phi) is 4.72. The maximum Gasteiger partial charge on any atom is 0.269 e. The van der Waals surface area contributed by atoms with Crippen LogP contribution in [0.25, 0.3) is 0 Å². The summed E-state index contributed by atoms with van der Waals surface area (Å²) >= 11 is 0. The van der Waals surface area contributed by atoms with Crippen molar-refractivity contribution in [2.75, 3.05) is 13.1 Å². The van der Waals surface area contributed by atoms with E-state index in [4.69, 9.17) is 0 Å². The minimum absolute atomic E-state index is 0.100. The van der Waals surface area contributed by atoms with Crippen molar-refractivity contribution in [3.05, 3.63) is 34.4 Å². The normalized spacial score (nSPS) is 18.2. The molecule has 1 heterocycles. The van der Waals surface area contributed by atoms with Gasteiger partial charge in [-0.3, -0.25) is 10.1 Å². The van der Waals surface area contributed by atoms with E-state index in [1.54, 1.807) is 0 Å². The van der Waals surface area contributed by atoms with Crippen LogP contribution in [0.2, 0.25) is 0 Å². The third-order valence-corrected chi connectivity index (χ3v) is 5.41. The topological polar surface area (TPSA) is 80.5 Å². The number of sulfonamides is 1. The van der Waals surface area contributed by atoms with Crippen LogP contribution in [0.1, 0.15) is 32.1 Å². The van der Waals surface area contributed by atoms with Crippen LogP contribution in [-0.4, -0.2) is 30.7 Å². The van der Waals surface area contributed by atoms with Gasteiger partial charge in [0.1, 0.15) is 0 Å². The van der Waals surface area contributed by atoms with Gasteiger partial charge < -0.3 is 0 Å². The molecule has 0 radical (unpaired) electrons. The van der Waals surface area contributed by atoms with Gasteiger partial charge in [0.25, 0.3) is 5.69 Å². The molecule has 1 saturated heterocycles. The van der Waals surface area contributed by atoms with Crippen molar-refractivity contribution in [3.8, 4) is 0 Å². The minimum atomic E-state index is -3.53. The lowest BCUT2D eigenvalue weighted by Crippen LogP contribution is -2.33. The van der Waals surface area contributed by atoms with E-state index in [1.807, 2.05) is 0 Å². The smallest absolute Gasteiger partial charge is 0.258 e. The number of hydrogen-bond donors (Lipinski definition) is 0. The Morgan fingerprint density at radius 3 is 1.95 bits per heavy atom. The maximum atomic E-state index is 12.5. The van der Waals surface area contributed by atoms with Crippen LogP contribution in [0.4, 0.5) is 5.69 Å². The van der Waals surface area contributed by atoms with Crippen molar-refractivity contribution in [1.82, 2.24) is 4.31 Å². The van der Waals surface area contributed by atoms with Gasteiger partial charge in [-0.15, -0.1) is 0 Å². The molecule has 20 heavy (non-hydrogen) atoms. The highest BCUT2D eigenvalue weighted by atomic mass is 32.2. The first-order valence-electron chi connectivity index (χ1n) is 6.76. The second kappa shape index (κ2) is 6.32. The standard InChI is InChI=1S/C13H18N2O4S/c16-15(17)12-6-8-13(9-7-12)20(18,19)14-10-4-2-1-3-5-11-14/h6-9H,1-5,10-11H2. The zero-order valence-corrected chi connectivity index (χ0v) is 12.0. The van der Waals surface area contributed by atoms with E-state index in [9.17, 15) is 18.5 Å². The average molecular weight is 298 g/mol. The SMILES string of the molecule is O=[N+]([O-])c1ccc(S(=O)(=O)N2CCCCCCC2)cc1. The Hall–Kier alpha value is -1.47. The quantitative estimate of drug-likeness (QED) is 0.634. The maximum absolute atomic E-state index is 12.5. The van der Waals surface area contributed by atoms with E-state index in [2.05, 4.69) is 0 Å². The van der Waals surface area contributed by atoms with Gasteiger partial charge in [-0.1, -0.05) is 19.3 Å². The summed E-state index contributed by atoms with van der Waals surface area (Å²) in [7, 11) is -3.53. The second-order valence-electron chi connectivity index (χ2n) is 4.92. The van der Waals surface area contributed by atoms with E-state index < -0.39 is 14.9 Å². The highest BCUT2D eigenvalue weighted by Gasteiger charge is 2.25. The summed E-state index contributed by atoms with van der Waals surface area (Å²) in [6.07, 6.45) is 4.99. The molecule has 0 N–H and O–H groups in total. The Balaban J connectivity index is 2.21. The van der Waals surface area contributed by atoms with Crippen LogP contribution in [0.15, 0.2) is 29.2 Å². The van der Waals surface area contributed by atoms with Crippen molar-refractivity contribution in [3.63, 3.8) is 0 Å². The Labute approximate surface area is 118 Å². The first kappa shape index (κ1) is 14.9. The molecule has 0 bridgehead atoms. The molecule has 1 aromatic carbocycles. The molecule has 7 heteroatoms. The van der Waals surface area contributed by atoms with Crippen molar-refractivity contribution in [1.29, 1.82) is 0 Å². The molecule has 1 fully saturated rings. The summed E-state index contributed by atoms with van der Waals surface area (Å²) in [5.74, 6) is 0. The van der Waals surface area contributed by atoms with Gasteiger partial charge in [0, 0.05) is 25.2 Å². The molecule has 0 aliphatic carbocycles. The summed E-state index contributed by atoms with van der Waals surface area (Å²) < 4.78 is 26.5. The van der Waals surface area contributed by atoms with E-state index in [0.717, 1.165) is 32.1 Å². The van der Waals surface area contributed by atoms with Crippen LogP contribution >= 0.6 is 0 Å². The fraction of sp³-hybridized carbons (Fsp3) is 0.538.